The van der Waals surface area contributed by atoms with Gasteiger partial charge in [0.15, 0.2) is 5.16 Å². The molecular weight excluding hydrogens is 288 g/mol. The first kappa shape index (κ1) is 19.5. The van der Waals surface area contributed by atoms with Crippen molar-refractivity contribution in [3.05, 3.63) is 18.0 Å². The smallest absolute Gasteiger partial charge is 0.187 e. The van der Waals surface area contributed by atoms with Crippen LogP contribution in [0.5, 0.6) is 0 Å². The monoisotopic (exact) mass is 322 g/mol. The van der Waals surface area contributed by atoms with Crippen molar-refractivity contribution in [3.8, 4) is 0 Å². The van der Waals surface area contributed by atoms with Gasteiger partial charge in [-0.1, -0.05) is 83.9 Å². The fourth-order valence-electron chi connectivity index (χ4n) is 3.03. The molecule has 0 aliphatic heterocycles. The minimum absolute atomic E-state index is 0.248. The molecule has 1 aromatic rings. The van der Waals surface area contributed by atoms with Crippen molar-refractivity contribution in [1.82, 2.24) is 9.97 Å². The number of aromatic nitrogens is 2. The summed E-state index contributed by atoms with van der Waals surface area (Å²) in [6.45, 7) is 6.97. The first-order valence-corrected chi connectivity index (χ1v) is 10.2. The van der Waals surface area contributed by atoms with Crippen molar-refractivity contribution in [1.29, 1.82) is 0 Å². The number of thioether (sulfide) groups is 1. The molecule has 0 saturated carbocycles. The highest BCUT2D eigenvalue weighted by molar-refractivity contribution is 7.98. The minimum atomic E-state index is 0.248. The summed E-state index contributed by atoms with van der Waals surface area (Å²) >= 11 is 1.61. The Morgan fingerprint density at radius 2 is 1.36 bits per heavy atom. The molecule has 0 aromatic carbocycles. The molecule has 3 heteroatoms. The Morgan fingerprint density at radius 1 is 0.864 bits per heavy atom. The van der Waals surface area contributed by atoms with Gasteiger partial charge >= 0.3 is 0 Å². The van der Waals surface area contributed by atoms with Gasteiger partial charge in [-0.15, -0.1) is 0 Å². The Bertz CT molecular complexity index is 377. The fraction of sp³-hybridized carbons (Fsp3) is 0.789. The molecular formula is C19H34N2S. The van der Waals surface area contributed by atoms with Crippen LogP contribution in [0.25, 0.3) is 0 Å². The Morgan fingerprint density at radius 3 is 1.77 bits per heavy atom. The van der Waals surface area contributed by atoms with Crippen LogP contribution in [-0.4, -0.2) is 16.2 Å². The highest BCUT2D eigenvalue weighted by Gasteiger charge is 2.26. The van der Waals surface area contributed by atoms with Crippen LogP contribution < -0.4 is 0 Å². The van der Waals surface area contributed by atoms with Gasteiger partial charge in [-0.25, -0.2) is 9.97 Å². The van der Waals surface area contributed by atoms with Crippen molar-refractivity contribution >= 4 is 11.8 Å². The molecule has 1 aromatic heterocycles. The Hall–Kier alpha value is -0.570. The maximum Gasteiger partial charge on any atom is 0.187 e. The van der Waals surface area contributed by atoms with E-state index in [0.717, 1.165) is 5.16 Å². The van der Waals surface area contributed by atoms with E-state index >= 15 is 0 Å². The van der Waals surface area contributed by atoms with Gasteiger partial charge < -0.3 is 0 Å². The lowest BCUT2D eigenvalue weighted by atomic mass is 9.75. The third kappa shape index (κ3) is 6.68. The second-order valence-corrected chi connectivity index (χ2v) is 7.41. The second kappa shape index (κ2) is 11.0. The molecule has 0 aliphatic carbocycles. The van der Waals surface area contributed by atoms with E-state index < -0.39 is 0 Å². The van der Waals surface area contributed by atoms with Gasteiger partial charge in [0.2, 0.25) is 0 Å². The van der Waals surface area contributed by atoms with E-state index in [-0.39, 0.29) is 5.41 Å². The normalized spacial score (nSPS) is 11.8. The van der Waals surface area contributed by atoms with Crippen LogP contribution in [0.1, 0.15) is 90.5 Å². The topological polar surface area (TPSA) is 25.8 Å². The van der Waals surface area contributed by atoms with Gasteiger partial charge in [0.25, 0.3) is 0 Å². The molecule has 0 unspecified atom stereocenters. The van der Waals surface area contributed by atoms with Crippen LogP contribution in [0.2, 0.25) is 0 Å². The Kier molecular flexibility index (Phi) is 9.77. The van der Waals surface area contributed by atoms with Crippen LogP contribution >= 0.6 is 11.8 Å². The molecule has 0 fully saturated rings. The molecule has 0 atom stereocenters. The number of hydrogen-bond acceptors (Lipinski definition) is 3. The lowest BCUT2D eigenvalue weighted by Gasteiger charge is -2.30. The van der Waals surface area contributed by atoms with Crippen molar-refractivity contribution in [2.24, 2.45) is 0 Å². The predicted octanol–water partition coefficient (Wildman–Crippen LogP) is 6.40. The second-order valence-electron chi connectivity index (χ2n) is 6.64. The van der Waals surface area contributed by atoms with Gasteiger partial charge in [0.1, 0.15) is 0 Å². The maximum atomic E-state index is 4.50. The molecule has 0 radical (unpaired) electrons. The van der Waals surface area contributed by atoms with Crippen molar-refractivity contribution < 1.29 is 0 Å². The zero-order chi connectivity index (χ0) is 16.3. The van der Waals surface area contributed by atoms with E-state index in [4.69, 9.17) is 0 Å². The van der Waals surface area contributed by atoms with E-state index in [0.29, 0.717) is 0 Å². The molecule has 2 nitrogen and oxygen atoms in total. The van der Waals surface area contributed by atoms with Gasteiger partial charge in [-0.3, -0.25) is 0 Å². The first-order valence-electron chi connectivity index (χ1n) is 9.02. The molecule has 0 bridgehead atoms. The van der Waals surface area contributed by atoms with E-state index in [1.54, 1.807) is 11.8 Å². The van der Waals surface area contributed by atoms with Gasteiger partial charge in [-0.2, -0.15) is 0 Å². The zero-order valence-corrected chi connectivity index (χ0v) is 15.8. The number of nitrogens with zero attached hydrogens (tertiary/aromatic N) is 2. The number of unbranched alkanes of at least 4 members (excludes halogenated alkanes) is 6. The molecule has 126 valence electrons. The zero-order valence-electron chi connectivity index (χ0n) is 15.0. The predicted molar refractivity (Wildman–Crippen MR) is 98.7 cm³/mol. The third-order valence-electron chi connectivity index (χ3n) is 4.67. The fourth-order valence-corrected chi connectivity index (χ4v) is 3.35. The van der Waals surface area contributed by atoms with E-state index in [1.807, 2.05) is 6.26 Å². The van der Waals surface area contributed by atoms with Crippen molar-refractivity contribution in [3.63, 3.8) is 0 Å². The summed E-state index contributed by atoms with van der Waals surface area (Å²) in [5.41, 5.74) is 1.58. The summed E-state index contributed by atoms with van der Waals surface area (Å²) in [6, 6.07) is 0. The lowest BCUT2D eigenvalue weighted by Crippen LogP contribution is -2.22. The lowest BCUT2D eigenvalue weighted by molar-refractivity contribution is 0.361. The van der Waals surface area contributed by atoms with Crippen molar-refractivity contribution in [2.75, 3.05) is 6.26 Å². The molecule has 1 heterocycles. The molecule has 0 amide bonds. The number of hydrogen-bond donors (Lipinski definition) is 0. The van der Waals surface area contributed by atoms with Crippen molar-refractivity contribution in [2.45, 2.75) is 95.6 Å². The molecule has 0 N–H and O–H groups in total. The van der Waals surface area contributed by atoms with E-state index in [2.05, 4.69) is 43.1 Å². The third-order valence-corrected chi connectivity index (χ3v) is 5.25. The summed E-state index contributed by atoms with van der Waals surface area (Å²) in [6.07, 6.45) is 19.4. The molecule has 22 heavy (non-hydrogen) atoms. The molecule has 0 spiro atoms. The average molecular weight is 323 g/mol. The maximum absolute atomic E-state index is 4.50. The summed E-state index contributed by atoms with van der Waals surface area (Å²) in [7, 11) is 0. The SMILES string of the molecule is CCCCCCC(C)(CCCCCC)c1cnc(SC)nc1. The summed E-state index contributed by atoms with van der Waals surface area (Å²) < 4.78 is 0. The quantitative estimate of drug-likeness (QED) is 0.253. The molecule has 0 aliphatic rings. The van der Waals surface area contributed by atoms with Crippen LogP contribution in [0, 0.1) is 0 Å². The van der Waals surface area contributed by atoms with E-state index in [9.17, 15) is 0 Å². The van der Waals surface area contributed by atoms with Gasteiger partial charge in [-0.05, 0) is 30.1 Å². The highest BCUT2D eigenvalue weighted by atomic mass is 32.2. The van der Waals surface area contributed by atoms with Crippen LogP contribution in [0.3, 0.4) is 0 Å². The first-order chi connectivity index (χ1) is 10.7. The Labute approximate surface area is 141 Å². The van der Waals surface area contributed by atoms with Gasteiger partial charge in [0.05, 0.1) is 0 Å². The summed E-state index contributed by atoms with van der Waals surface area (Å²) in [5.74, 6) is 0. The molecule has 1 rings (SSSR count). The minimum Gasteiger partial charge on any atom is -0.231 e. The van der Waals surface area contributed by atoms with E-state index in [1.165, 1.54) is 69.8 Å². The van der Waals surface area contributed by atoms with Gasteiger partial charge in [0, 0.05) is 12.4 Å². The largest absolute Gasteiger partial charge is 0.231 e. The summed E-state index contributed by atoms with van der Waals surface area (Å²) in [4.78, 5) is 9.01. The Balaban J connectivity index is 2.69. The summed E-state index contributed by atoms with van der Waals surface area (Å²) in [5, 5.41) is 0.878. The van der Waals surface area contributed by atoms with Crippen LogP contribution in [-0.2, 0) is 5.41 Å². The van der Waals surface area contributed by atoms with Crippen LogP contribution in [0.4, 0.5) is 0 Å². The highest BCUT2D eigenvalue weighted by Crippen LogP contribution is 2.35. The number of rotatable bonds is 12. The molecule has 0 saturated heterocycles. The van der Waals surface area contributed by atoms with Crippen LogP contribution in [0.15, 0.2) is 17.6 Å². The average Bonchev–Trinajstić information content (AvgIpc) is 2.56. The standard InChI is InChI=1S/C19H34N2S/c1-5-7-9-11-13-19(3,14-12-10-8-6-2)17-15-20-18(22-4)21-16-17/h15-16H,5-14H2,1-4H3.